The molecule has 3 rings (SSSR count). The lowest BCUT2D eigenvalue weighted by molar-refractivity contribution is -0.120. The van der Waals surface area contributed by atoms with Gasteiger partial charge >= 0.3 is 0 Å². The lowest BCUT2D eigenvalue weighted by atomic mass is 10.1. The van der Waals surface area contributed by atoms with Crippen LogP contribution in [0.3, 0.4) is 0 Å². The van der Waals surface area contributed by atoms with E-state index in [9.17, 15) is 4.79 Å². The van der Waals surface area contributed by atoms with Crippen molar-refractivity contribution in [3.05, 3.63) is 92.4 Å². The van der Waals surface area contributed by atoms with Gasteiger partial charge in [-0.3, -0.25) is 4.79 Å². The third-order valence-corrected chi connectivity index (χ3v) is 5.28. The Morgan fingerprint density at radius 3 is 2.47 bits per heavy atom. The largest absolute Gasteiger partial charge is 0.493 e. The van der Waals surface area contributed by atoms with E-state index in [4.69, 9.17) is 9.47 Å². The van der Waals surface area contributed by atoms with Gasteiger partial charge in [0.15, 0.2) is 11.5 Å². The van der Waals surface area contributed by atoms with Gasteiger partial charge in [0, 0.05) is 4.47 Å². The van der Waals surface area contributed by atoms with Crippen molar-refractivity contribution in [2.75, 3.05) is 7.11 Å². The van der Waals surface area contributed by atoms with Gasteiger partial charge in [0.25, 0.3) is 0 Å². The molecule has 7 heteroatoms. The molecule has 0 spiro atoms. The highest BCUT2D eigenvalue weighted by Crippen LogP contribution is 2.36. The molecule has 3 aromatic rings. The lowest BCUT2D eigenvalue weighted by Gasteiger charge is -2.13. The van der Waals surface area contributed by atoms with Gasteiger partial charge in [-0.25, -0.2) is 5.43 Å². The molecule has 0 saturated heterocycles. The molecule has 0 atom stereocenters. The second-order valence-electron chi connectivity index (χ2n) is 6.40. The number of rotatable bonds is 8. The van der Waals surface area contributed by atoms with Crippen molar-refractivity contribution in [2.24, 2.45) is 5.10 Å². The molecule has 0 aliphatic rings. The molecule has 154 valence electrons. The topological polar surface area (TPSA) is 59.9 Å². The SMILES string of the molecule is COc1cc(/C=N\NC(=O)Cc2ccc(Br)cc2)cc(Br)c1OCc1ccccc1. The summed E-state index contributed by atoms with van der Waals surface area (Å²) < 4.78 is 13.1. The minimum absolute atomic E-state index is 0.192. The molecule has 0 heterocycles. The first-order valence-electron chi connectivity index (χ1n) is 9.16. The van der Waals surface area contributed by atoms with Gasteiger partial charge in [0.1, 0.15) is 6.61 Å². The fourth-order valence-corrected chi connectivity index (χ4v) is 3.53. The molecule has 30 heavy (non-hydrogen) atoms. The maximum Gasteiger partial charge on any atom is 0.244 e. The highest BCUT2D eigenvalue weighted by atomic mass is 79.9. The molecule has 0 radical (unpaired) electrons. The molecule has 1 N–H and O–H groups in total. The molecular formula is C23H20Br2N2O3. The highest BCUT2D eigenvalue weighted by Gasteiger charge is 2.11. The van der Waals surface area contributed by atoms with Crippen molar-refractivity contribution >= 4 is 44.0 Å². The second kappa shape index (κ2) is 10.9. The number of ether oxygens (including phenoxy) is 2. The second-order valence-corrected chi connectivity index (χ2v) is 8.17. The fourth-order valence-electron chi connectivity index (χ4n) is 2.69. The van der Waals surface area contributed by atoms with Crippen LogP contribution >= 0.6 is 31.9 Å². The third kappa shape index (κ3) is 6.43. The first kappa shape index (κ1) is 22.1. The van der Waals surface area contributed by atoms with Gasteiger partial charge in [0.2, 0.25) is 5.91 Å². The van der Waals surface area contributed by atoms with E-state index in [0.717, 1.165) is 25.6 Å². The summed E-state index contributed by atoms with van der Waals surface area (Å²) >= 11 is 6.90. The van der Waals surface area contributed by atoms with Gasteiger partial charge in [-0.05, 0) is 56.9 Å². The highest BCUT2D eigenvalue weighted by molar-refractivity contribution is 9.10. The van der Waals surface area contributed by atoms with Crippen LogP contribution in [0.25, 0.3) is 0 Å². The van der Waals surface area contributed by atoms with Crippen molar-refractivity contribution in [3.8, 4) is 11.5 Å². The monoisotopic (exact) mass is 530 g/mol. The van der Waals surface area contributed by atoms with Crippen LogP contribution in [0.2, 0.25) is 0 Å². The molecule has 5 nitrogen and oxygen atoms in total. The van der Waals surface area contributed by atoms with Crippen molar-refractivity contribution in [1.29, 1.82) is 0 Å². The number of benzene rings is 3. The zero-order valence-corrected chi connectivity index (χ0v) is 19.4. The first-order valence-corrected chi connectivity index (χ1v) is 10.7. The average molecular weight is 532 g/mol. The molecule has 0 aromatic heterocycles. The van der Waals surface area contributed by atoms with Gasteiger partial charge < -0.3 is 9.47 Å². The Morgan fingerprint density at radius 1 is 1.03 bits per heavy atom. The Kier molecular flexibility index (Phi) is 8.04. The van der Waals surface area contributed by atoms with Crippen molar-refractivity contribution in [2.45, 2.75) is 13.0 Å². The summed E-state index contributed by atoms with van der Waals surface area (Å²) in [5.41, 5.74) is 5.28. The Bertz CT molecular complexity index is 1020. The third-order valence-electron chi connectivity index (χ3n) is 4.16. The van der Waals surface area contributed by atoms with Gasteiger partial charge in [-0.2, -0.15) is 5.10 Å². The number of nitrogens with zero attached hydrogens (tertiary/aromatic N) is 1. The number of halogens is 2. The molecule has 0 aliphatic carbocycles. The van der Waals surface area contributed by atoms with E-state index in [0.29, 0.717) is 18.1 Å². The Hall–Kier alpha value is -2.64. The van der Waals surface area contributed by atoms with Crippen LogP contribution in [0.1, 0.15) is 16.7 Å². The minimum Gasteiger partial charge on any atom is -0.493 e. The van der Waals surface area contributed by atoms with Crippen LogP contribution in [0.15, 0.2) is 80.8 Å². The standard InChI is InChI=1S/C23H20Br2N2O3/c1-29-21-12-18(11-20(25)23(21)30-15-17-5-3-2-4-6-17)14-26-27-22(28)13-16-7-9-19(24)10-8-16/h2-12,14H,13,15H2,1H3,(H,27,28)/b26-14-. The number of nitrogens with one attached hydrogen (secondary N) is 1. The number of methoxy groups -OCH3 is 1. The fraction of sp³-hybridized carbons (Fsp3) is 0.130. The number of hydrogen-bond acceptors (Lipinski definition) is 4. The van der Waals surface area contributed by atoms with Gasteiger partial charge in [0.05, 0.1) is 24.2 Å². The molecule has 0 fully saturated rings. The molecule has 3 aromatic carbocycles. The Morgan fingerprint density at radius 2 is 1.77 bits per heavy atom. The summed E-state index contributed by atoms with van der Waals surface area (Å²) in [5.74, 6) is 0.989. The van der Waals surface area contributed by atoms with Crippen LogP contribution in [0, 0.1) is 0 Å². The smallest absolute Gasteiger partial charge is 0.244 e. The molecule has 0 saturated carbocycles. The number of hydrazone groups is 1. The zero-order chi connectivity index (χ0) is 21.3. The van der Waals surface area contributed by atoms with E-state index >= 15 is 0 Å². The van der Waals surface area contributed by atoms with Gasteiger partial charge in [-0.15, -0.1) is 0 Å². The number of carbonyl (C=O) groups is 1. The normalized spacial score (nSPS) is 10.8. The minimum atomic E-state index is -0.192. The molecule has 1 amide bonds. The predicted molar refractivity (Wildman–Crippen MR) is 125 cm³/mol. The van der Waals surface area contributed by atoms with E-state index in [1.807, 2.05) is 60.7 Å². The zero-order valence-electron chi connectivity index (χ0n) is 16.3. The summed E-state index contributed by atoms with van der Waals surface area (Å²) in [5, 5.41) is 4.04. The molecular weight excluding hydrogens is 512 g/mol. The van der Waals surface area contributed by atoms with E-state index in [1.54, 1.807) is 19.4 Å². The van der Waals surface area contributed by atoms with E-state index < -0.39 is 0 Å². The van der Waals surface area contributed by atoms with Crippen molar-refractivity contribution in [3.63, 3.8) is 0 Å². The molecule has 0 unspecified atom stereocenters. The quantitative estimate of drug-likeness (QED) is 0.309. The van der Waals surface area contributed by atoms with Crippen LogP contribution in [-0.4, -0.2) is 19.2 Å². The maximum absolute atomic E-state index is 12.1. The first-order chi connectivity index (χ1) is 14.5. The number of carbonyl (C=O) groups excluding carboxylic acids is 1. The Balaban J connectivity index is 1.62. The summed E-state index contributed by atoms with van der Waals surface area (Å²) in [6.07, 6.45) is 1.82. The van der Waals surface area contributed by atoms with E-state index in [1.165, 1.54) is 0 Å². The summed E-state index contributed by atoms with van der Waals surface area (Å²) in [4.78, 5) is 12.1. The van der Waals surface area contributed by atoms with Crippen LogP contribution in [0.5, 0.6) is 11.5 Å². The summed E-state index contributed by atoms with van der Waals surface area (Å²) in [6, 6.07) is 21.1. The maximum atomic E-state index is 12.1. The van der Waals surface area contributed by atoms with Crippen molar-refractivity contribution in [1.82, 2.24) is 5.43 Å². The van der Waals surface area contributed by atoms with E-state index in [2.05, 4.69) is 42.4 Å². The number of hydrogen-bond donors (Lipinski definition) is 1. The van der Waals surface area contributed by atoms with Crippen LogP contribution in [-0.2, 0) is 17.8 Å². The summed E-state index contributed by atoms with van der Waals surface area (Å²) in [6.45, 7) is 0.426. The Labute approximate surface area is 192 Å². The molecule has 0 aliphatic heterocycles. The summed E-state index contributed by atoms with van der Waals surface area (Å²) in [7, 11) is 1.58. The average Bonchev–Trinajstić information content (AvgIpc) is 2.75. The predicted octanol–water partition coefficient (Wildman–Crippen LogP) is 5.49. The van der Waals surface area contributed by atoms with Crippen LogP contribution in [0.4, 0.5) is 0 Å². The van der Waals surface area contributed by atoms with Crippen LogP contribution < -0.4 is 14.9 Å². The van der Waals surface area contributed by atoms with E-state index in [-0.39, 0.29) is 12.3 Å². The molecule has 0 bridgehead atoms. The lowest BCUT2D eigenvalue weighted by Crippen LogP contribution is -2.19. The van der Waals surface area contributed by atoms with Gasteiger partial charge in [-0.1, -0.05) is 58.4 Å². The number of amides is 1. The van der Waals surface area contributed by atoms with Crippen molar-refractivity contribution < 1.29 is 14.3 Å².